The van der Waals surface area contributed by atoms with E-state index in [1.807, 2.05) is 24.8 Å². The number of hydrogen-bond acceptors (Lipinski definition) is 7. The smallest absolute Gasteiger partial charge is 0.336 e. The monoisotopic (exact) mass is 387 g/mol. The molecule has 2 aliphatic rings. The van der Waals surface area contributed by atoms with Crippen molar-refractivity contribution in [2.75, 3.05) is 20.0 Å². The lowest BCUT2D eigenvalue weighted by atomic mass is 9.83. The van der Waals surface area contributed by atoms with Gasteiger partial charge in [0, 0.05) is 18.4 Å². The maximum Gasteiger partial charge on any atom is 0.336 e. The maximum atomic E-state index is 12.8. The van der Waals surface area contributed by atoms with E-state index in [0.717, 1.165) is 5.56 Å². The molecule has 0 bridgehead atoms. The number of ether oxygens (including phenoxy) is 4. The summed E-state index contributed by atoms with van der Waals surface area (Å²) in [5.41, 5.74) is 1.48. The Morgan fingerprint density at radius 2 is 1.61 bits per heavy atom. The first kappa shape index (κ1) is 19.8. The summed E-state index contributed by atoms with van der Waals surface area (Å²) in [5.74, 6) is -0.346. The van der Waals surface area contributed by atoms with Gasteiger partial charge in [0.25, 0.3) is 0 Å². The second-order valence-corrected chi connectivity index (χ2v) is 6.70. The standard InChI is InChI=1S/C21H25NO6/c1-5-25-20(23)15-10-22(13(3)4)11-16(21(24)26-6-2)19(15)14-7-8-17-18(9-14)28-12-27-17/h7-11,13,19H,5-6,12H2,1-4H3. The molecule has 7 heteroatoms. The van der Waals surface area contributed by atoms with E-state index in [9.17, 15) is 9.59 Å². The molecule has 0 amide bonds. The second-order valence-electron chi connectivity index (χ2n) is 6.70. The van der Waals surface area contributed by atoms with Crippen LogP contribution in [0.2, 0.25) is 0 Å². The molecule has 3 rings (SSSR count). The summed E-state index contributed by atoms with van der Waals surface area (Å²) in [6.07, 6.45) is 3.47. The van der Waals surface area contributed by atoms with E-state index >= 15 is 0 Å². The molecule has 7 nitrogen and oxygen atoms in total. The molecule has 0 aromatic heterocycles. The molecule has 0 radical (unpaired) electrons. The number of nitrogens with zero attached hydrogens (tertiary/aromatic N) is 1. The quantitative estimate of drug-likeness (QED) is 0.694. The molecule has 28 heavy (non-hydrogen) atoms. The molecule has 2 aliphatic heterocycles. The van der Waals surface area contributed by atoms with E-state index in [2.05, 4.69) is 0 Å². The van der Waals surface area contributed by atoms with Crippen molar-refractivity contribution in [1.82, 2.24) is 4.90 Å². The van der Waals surface area contributed by atoms with Crippen molar-refractivity contribution in [1.29, 1.82) is 0 Å². The second kappa shape index (κ2) is 8.37. The fourth-order valence-corrected chi connectivity index (χ4v) is 3.19. The first-order valence-corrected chi connectivity index (χ1v) is 9.40. The third-order valence-corrected chi connectivity index (χ3v) is 4.55. The fraction of sp³-hybridized carbons (Fsp3) is 0.429. The minimum absolute atomic E-state index is 0.0477. The maximum absolute atomic E-state index is 12.8. The molecule has 0 saturated carbocycles. The largest absolute Gasteiger partial charge is 0.463 e. The lowest BCUT2D eigenvalue weighted by molar-refractivity contribution is -0.139. The number of carbonyl (C=O) groups excluding carboxylic acids is 2. The molecular weight excluding hydrogens is 362 g/mol. The third-order valence-electron chi connectivity index (χ3n) is 4.55. The van der Waals surface area contributed by atoms with Gasteiger partial charge in [0.05, 0.1) is 30.3 Å². The Labute approximate surface area is 164 Å². The minimum Gasteiger partial charge on any atom is -0.463 e. The highest BCUT2D eigenvalue weighted by Crippen LogP contribution is 2.42. The molecule has 0 fully saturated rings. The SMILES string of the molecule is CCOC(=O)C1=CN(C(C)C)C=C(C(=O)OCC)C1c1ccc2c(c1)OCO2. The third kappa shape index (κ3) is 3.83. The zero-order chi connectivity index (χ0) is 20.3. The lowest BCUT2D eigenvalue weighted by Crippen LogP contribution is -2.32. The van der Waals surface area contributed by atoms with Gasteiger partial charge in [-0.3, -0.25) is 0 Å². The van der Waals surface area contributed by atoms with Gasteiger partial charge in [0.2, 0.25) is 6.79 Å². The number of carbonyl (C=O) groups is 2. The zero-order valence-corrected chi connectivity index (χ0v) is 16.6. The summed E-state index contributed by atoms with van der Waals surface area (Å²) in [7, 11) is 0. The predicted molar refractivity (Wildman–Crippen MR) is 102 cm³/mol. The molecule has 2 heterocycles. The highest BCUT2D eigenvalue weighted by molar-refractivity contribution is 5.98. The van der Waals surface area contributed by atoms with Gasteiger partial charge in [0.15, 0.2) is 11.5 Å². The van der Waals surface area contributed by atoms with E-state index in [1.54, 1.807) is 38.4 Å². The molecule has 0 atom stereocenters. The Bertz CT molecular complexity index is 790. The van der Waals surface area contributed by atoms with Gasteiger partial charge in [-0.25, -0.2) is 9.59 Å². The van der Waals surface area contributed by atoms with Crippen molar-refractivity contribution in [3.8, 4) is 11.5 Å². The van der Waals surface area contributed by atoms with Crippen molar-refractivity contribution in [2.45, 2.75) is 39.7 Å². The molecule has 0 spiro atoms. The Hall–Kier alpha value is -2.96. The number of benzene rings is 1. The van der Waals surface area contributed by atoms with Crippen LogP contribution in [0, 0.1) is 0 Å². The Kier molecular flexibility index (Phi) is 5.92. The minimum atomic E-state index is -0.623. The van der Waals surface area contributed by atoms with E-state index in [-0.39, 0.29) is 26.0 Å². The molecule has 150 valence electrons. The Morgan fingerprint density at radius 3 is 2.14 bits per heavy atom. The van der Waals surface area contributed by atoms with Crippen LogP contribution in [-0.4, -0.2) is 42.9 Å². The predicted octanol–water partition coefficient (Wildman–Crippen LogP) is 3.12. The highest BCUT2D eigenvalue weighted by Gasteiger charge is 2.36. The fourth-order valence-electron chi connectivity index (χ4n) is 3.19. The van der Waals surface area contributed by atoms with Gasteiger partial charge in [-0.15, -0.1) is 0 Å². The lowest BCUT2D eigenvalue weighted by Gasteiger charge is -2.32. The van der Waals surface area contributed by atoms with Crippen LogP contribution in [0.15, 0.2) is 41.7 Å². The van der Waals surface area contributed by atoms with Crippen molar-refractivity contribution < 1.29 is 28.5 Å². The van der Waals surface area contributed by atoms with E-state index in [4.69, 9.17) is 18.9 Å². The van der Waals surface area contributed by atoms with Gasteiger partial charge in [-0.1, -0.05) is 6.07 Å². The molecule has 0 N–H and O–H groups in total. The van der Waals surface area contributed by atoms with E-state index in [1.165, 1.54) is 0 Å². The number of fused-ring (bicyclic) bond motifs is 1. The number of esters is 2. The van der Waals surface area contributed by atoms with E-state index < -0.39 is 17.9 Å². The number of rotatable bonds is 6. The Morgan fingerprint density at radius 1 is 1.04 bits per heavy atom. The summed E-state index contributed by atoms with van der Waals surface area (Å²) in [5, 5.41) is 0. The first-order chi connectivity index (χ1) is 13.5. The molecule has 1 aromatic carbocycles. The topological polar surface area (TPSA) is 74.3 Å². The summed E-state index contributed by atoms with van der Waals surface area (Å²) in [4.78, 5) is 27.3. The van der Waals surface area contributed by atoms with Crippen molar-refractivity contribution >= 4 is 11.9 Å². The first-order valence-electron chi connectivity index (χ1n) is 9.40. The molecule has 0 aliphatic carbocycles. The van der Waals surface area contributed by atoms with Gasteiger partial charge < -0.3 is 23.8 Å². The van der Waals surface area contributed by atoms with Crippen LogP contribution in [0.1, 0.15) is 39.2 Å². The van der Waals surface area contributed by atoms with E-state index in [0.29, 0.717) is 22.6 Å². The van der Waals surface area contributed by atoms with Gasteiger partial charge in [-0.2, -0.15) is 0 Å². The van der Waals surface area contributed by atoms with Crippen LogP contribution in [-0.2, 0) is 19.1 Å². The number of hydrogen-bond donors (Lipinski definition) is 0. The van der Waals surface area contributed by atoms with Crippen LogP contribution < -0.4 is 9.47 Å². The van der Waals surface area contributed by atoms with Crippen molar-refractivity contribution in [3.63, 3.8) is 0 Å². The summed E-state index contributed by atoms with van der Waals surface area (Å²) >= 11 is 0. The summed E-state index contributed by atoms with van der Waals surface area (Å²) in [6, 6.07) is 5.44. The van der Waals surface area contributed by atoms with Gasteiger partial charge in [0.1, 0.15) is 0 Å². The van der Waals surface area contributed by atoms with Crippen molar-refractivity contribution in [2.24, 2.45) is 0 Å². The van der Waals surface area contributed by atoms with Crippen molar-refractivity contribution in [3.05, 3.63) is 47.3 Å². The molecular formula is C21H25NO6. The summed E-state index contributed by atoms with van der Waals surface area (Å²) < 4.78 is 21.4. The van der Waals surface area contributed by atoms with Crippen LogP contribution in [0.25, 0.3) is 0 Å². The van der Waals surface area contributed by atoms with Crippen LogP contribution in [0.3, 0.4) is 0 Å². The molecule has 1 aromatic rings. The molecule has 0 unspecified atom stereocenters. The van der Waals surface area contributed by atoms with Gasteiger partial charge in [-0.05, 0) is 45.4 Å². The average Bonchev–Trinajstić information content (AvgIpc) is 3.15. The van der Waals surface area contributed by atoms with Crippen LogP contribution in [0.5, 0.6) is 11.5 Å². The van der Waals surface area contributed by atoms with Gasteiger partial charge >= 0.3 is 11.9 Å². The zero-order valence-electron chi connectivity index (χ0n) is 16.6. The molecule has 0 saturated heterocycles. The highest BCUT2D eigenvalue weighted by atomic mass is 16.7. The van der Waals surface area contributed by atoms with Crippen LogP contribution in [0.4, 0.5) is 0 Å². The van der Waals surface area contributed by atoms with Crippen LogP contribution >= 0.6 is 0 Å². The average molecular weight is 387 g/mol. The normalized spacial score (nSPS) is 16.0. The Balaban J connectivity index is 2.11. The summed E-state index contributed by atoms with van der Waals surface area (Å²) in [6.45, 7) is 8.07.